The third-order valence-corrected chi connectivity index (χ3v) is 4.01. The Morgan fingerprint density at radius 2 is 1.89 bits per heavy atom. The summed E-state index contributed by atoms with van der Waals surface area (Å²) in [6, 6.07) is 9.92. The molecule has 2 aromatic carbocycles. The highest BCUT2D eigenvalue weighted by molar-refractivity contribution is 6.54. The van der Waals surface area contributed by atoms with E-state index >= 15 is 0 Å². The zero-order valence-corrected chi connectivity index (χ0v) is 14.7. The summed E-state index contributed by atoms with van der Waals surface area (Å²) in [5.41, 5.74) is 1.27. The van der Waals surface area contributed by atoms with Crippen LogP contribution in [0.1, 0.15) is 21.5 Å². The Kier molecular flexibility index (Phi) is 5.35. The fourth-order valence-corrected chi connectivity index (χ4v) is 2.69. The van der Waals surface area contributed by atoms with Gasteiger partial charge in [-0.15, -0.1) is 0 Å². The number of carbonyl (C=O) groups is 3. The number of hydrogen-bond donors (Lipinski definition) is 1. The van der Waals surface area contributed by atoms with Crippen LogP contribution in [0.2, 0.25) is 0 Å². The van der Waals surface area contributed by atoms with E-state index in [0.717, 1.165) is 17.0 Å². The average molecular weight is 386 g/mol. The van der Waals surface area contributed by atoms with E-state index in [9.17, 15) is 18.8 Å². The second-order valence-electron chi connectivity index (χ2n) is 5.85. The molecule has 0 atom stereocenters. The highest BCUT2D eigenvalue weighted by Gasteiger charge is 2.36. The molecule has 3 rings (SSSR count). The van der Waals surface area contributed by atoms with Gasteiger partial charge in [0.2, 0.25) is 0 Å². The van der Waals surface area contributed by atoms with Gasteiger partial charge >= 0.3 is 11.9 Å². The summed E-state index contributed by atoms with van der Waals surface area (Å²) in [5, 5.41) is 12.8. The van der Waals surface area contributed by atoms with Crippen molar-refractivity contribution in [2.45, 2.75) is 6.61 Å². The van der Waals surface area contributed by atoms with Crippen molar-refractivity contribution in [3.8, 4) is 0 Å². The van der Waals surface area contributed by atoms with Crippen LogP contribution in [0.3, 0.4) is 0 Å². The number of halogens is 1. The molecule has 1 aliphatic heterocycles. The molecule has 0 saturated heterocycles. The summed E-state index contributed by atoms with van der Waals surface area (Å²) in [6.07, 6.45) is 0. The van der Waals surface area contributed by atoms with Crippen LogP contribution in [0.4, 0.5) is 10.1 Å². The van der Waals surface area contributed by atoms with Crippen molar-refractivity contribution in [1.29, 1.82) is 0 Å². The highest BCUT2D eigenvalue weighted by atomic mass is 19.1. The third kappa shape index (κ3) is 3.83. The molecular weight excluding hydrogens is 371 g/mol. The minimum atomic E-state index is -1.21. The highest BCUT2D eigenvalue weighted by Crippen LogP contribution is 2.30. The molecule has 0 aromatic heterocycles. The van der Waals surface area contributed by atoms with Gasteiger partial charge in [0.05, 0.1) is 18.4 Å². The lowest BCUT2D eigenvalue weighted by molar-refractivity contribution is -0.136. The number of carbonyl (C=O) groups excluding carboxylic acids is 2. The predicted molar refractivity (Wildman–Crippen MR) is 95.5 cm³/mol. The molecule has 1 amide bonds. The molecule has 0 radical (unpaired) electrons. The van der Waals surface area contributed by atoms with Gasteiger partial charge in [0.25, 0.3) is 5.91 Å². The molecule has 0 fully saturated rings. The monoisotopic (exact) mass is 386 g/mol. The first-order valence-corrected chi connectivity index (χ1v) is 8.11. The van der Waals surface area contributed by atoms with E-state index in [2.05, 4.69) is 9.89 Å². The molecule has 0 saturated carbocycles. The van der Waals surface area contributed by atoms with Crippen molar-refractivity contribution in [3.05, 3.63) is 65.0 Å². The van der Waals surface area contributed by atoms with Gasteiger partial charge in [-0.25, -0.2) is 9.18 Å². The number of carboxylic acid groups (broad SMARTS) is 1. The van der Waals surface area contributed by atoms with Crippen LogP contribution in [-0.4, -0.2) is 42.3 Å². The molecule has 8 nitrogen and oxygen atoms in total. The van der Waals surface area contributed by atoms with Gasteiger partial charge in [0.15, 0.2) is 5.71 Å². The molecule has 0 bridgehead atoms. The lowest BCUT2D eigenvalue weighted by atomic mass is 10.1. The summed E-state index contributed by atoms with van der Waals surface area (Å²) in [7, 11) is 1.28. The van der Waals surface area contributed by atoms with E-state index in [1.54, 1.807) is 24.3 Å². The van der Waals surface area contributed by atoms with E-state index in [4.69, 9.17) is 9.94 Å². The number of methoxy groups -OCH3 is 1. The van der Waals surface area contributed by atoms with Crippen LogP contribution < -0.4 is 4.90 Å². The van der Waals surface area contributed by atoms with Crippen LogP contribution in [0.5, 0.6) is 0 Å². The number of nitrogens with zero attached hydrogens (tertiary/aromatic N) is 2. The number of oxime groups is 1. The first kappa shape index (κ1) is 19.0. The number of esters is 1. The lowest BCUT2D eigenvalue weighted by Gasteiger charge is -2.13. The zero-order chi connectivity index (χ0) is 20.3. The van der Waals surface area contributed by atoms with Crippen LogP contribution in [-0.2, 0) is 25.8 Å². The van der Waals surface area contributed by atoms with Crippen LogP contribution in [0, 0.1) is 5.82 Å². The second kappa shape index (κ2) is 7.87. The Balaban J connectivity index is 1.78. The first-order valence-electron chi connectivity index (χ1n) is 8.11. The number of amides is 1. The van der Waals surface area contributed by atoms with Gasteiger partial charge in [-0.1, -0.05) is 17.3 Å². The van der Waals surface area contributed by atoms with Gasteiger partial charge < -0.3 is 14.7 Å². The average Bonchev–Trinajstić information content (AvgIpc) is 2.92. The Bertz CT molecular complexity index is 971. The molecule has 0 unspecified atom stereocenters. The number of benzene rings is 2. The molecule has 0 aliphatic carbocycles. The maximum atomic E-state index is 13.6. The largest absolute Gasteiger partial charge is 0.480 e. The van der Waals surface area contributed by atoms with Crippen LogP contribution in [0.25, 0.3) is 0 Å². The van der Waals surface area contributed by atoms with Crippen molar-refractivity contribution >= 4 is 29.2 Å². The number of hydrogen-bond acceptors (Lipinski definition) is 6. The van der Waals surface area contributed by atoms with Gasteiger partial charge in [0, 0.05) is 5.56 Å². The first-order chi connectivity index (χ1) is 13.4. The van der Waals surface area contributed by atoms with Gasteiger partial charge in [-0.05, 0) is 35.9 Å². The molecule has 28 heavy (non-hydrogen) atoms. The van der Waals surface area contributed by atoms with E-state index in [-0.39, 0.29) is 23.6 Å². The van der Waals surface area contributed by atoms with Crippen molar-refractivity contribution in [3.63, 3.8) is 0 Å². The number of aliphatic carboxylic acids is 1. The predicted octanol–water partition coefficient (Wildman–Crippen LogP) is 1.96. The molecule has 1 heterocycles. The Labute approximate surface area is 158 Å². The SMILES string of the molecule is COC(=O)c1ccc(CON=C2C(=O)N(CC(=O)O)c3ccc(F)cc32)cc1. The van der Waals surface area contributed by atoms with Gasteiger partial charge in [0.1, 0.15) is 19.0 Å². The Hall–Kier alpha value is -3.75. The minimum absolute atomic E-state index is 0.0121. The zero-order valence-electron chi connectivity index (χ0n) is 14.7. The molecule has 144 valence electrons. The molecule has 1 N–H and O–H groups in total. The molecular formula is C19H15FN2O6. The molecule has 1 aliphatic rings. The van der Waals surface area contributed by atoms with E-state index in [1.165, 1.54) is 13.2 Å². The maximum absolute atomic E-state index is 13.6. The minimum Gasteiger partial charge on any atom is -0.480 e. The molecule has 9 heteroatoms. The second-order valence-corrected chi connectivity index (χ2v) is 5.85. The summed E-state index contributed by atoms with van der Waals surface area (Å²) in [4.78, 5) is 41.1. The summed E-state index contributed by atoms with van der Waals surface area (Å²) < 4.78 is 18.2. The number of anilines is 1. The standard InChI is InChI=1S/C19H15FN2O6/c1-27-19(26)12-4-2-11(3-5-12)10-28-21-17-14-8-13(20)6-7-15(14)22(18(17)25)9-16(23)24/h2-8H,9-10H2,1H3,(H,23,24). The van der Waals surface area contributed by atoms with Crippen LogP contribution in [0.15, 0.2) is 47.6 Å². The number of carboxylic acids is 1. The van der Waals surface area contributed by atoms with E-state index in [1.807, 2.05) is 0 Å². The maximum Gasteiger partial charge on any atom is 0.337 e. The van der Waals surface area contributed by atoms with E-state index < -0.39 is 30.2 Å². The normalized spacial score (nSPS) is 14.1. The topological polar surface area (TPSA) is 106 Å². The van der Waals surface area contributed by atoms with Crippen molar-refractivity contribution < 1.29 is 33.5 Å². The number of fused-ring (bicyclic) bond motifs is 1. The van der Waals surface area contributed by atoms with Crippen LogP contribution >= 0.6 is 0 Å². The summed E-state index contributed by atoms with van der Waals surface area (Å²) in [6.45, 7) is -0.590. The van der Waals surface area contributed by atoms with Gasteiger partial charge in [-0.3, -0.25) is 14.5 Å². The molecule has 2 aromatic rings. The quantitative estimate of drug-likeness (QED) is 0.601. The molecule has 0 spiro atoms. The third-order valence-electron chi connectivity index (χ3n) is 4.01. The lowest BCUT2D eigenvalue weighted by Crippen LogP contribution is -2.34. The Morgan fingerprint density at radius 1 is 1.18 bits per heavy atom. The van der Waals surface area contributed by atoms with Crippen molar-refractivity contribution in [2.24, 2.45) is 5.16 Å². The fraction of sp³-hybridized carbons (Fsp3) is 0.158. The summed E-state index contributed by atoms with van der Waals surface area (Å²) >= 11 is 0. The van der Waals surface area contributed by atoms with E-state index in [0.29, 0.717) is 11.1 Å². The van der Waals surface area contributed by atoms with Gasteiger partial charge in [-0.2, -0.15) is 0 Å². The fourth-order valence-electron chi connectivity index (χ4n) is 2.69. The number of ether oxygens (including phenoxy) is 1. The smallest absolute Gasteiger partial charge is 0.337 e. The van der Waals surface area contributed by atoms with Crippen molar-refractivity contribution in [1.82, 2.24) is 0 Å². The summed E-state index contributed by atoms with van der Waals surface area (Å²) in [5.74, 6) is -2.96. The number of rotatable bonds is 6. The Morgan fingerprint density at radius 3 is 2.54 bits per heavy atom. The van der Waals surface area contributed by atoms with Crippen molar-refractivity contribution in [2.75, 3.05) is 18.6 Å².